The molecule has 0 spiro atoms. The summed E-state index contributed by atoms with van der Waals surface area (Å²) in [6, 6.07) is 7.18. The Labute approximate surface area is 102 Å². The van der Waals surface area contributed by atoms with Crippen molar-refractivity contribution in [2.75, 3.05) is 7.11 Å². The Bertz CT molecular complexity index is 547. The highest BCUT2D eigenvalue weighted by atomic mass is 35.5. The maximum absolute atomic E-state index is 11.8. The number of thiophene rings is 1. The van der Waals surface area contributed by atoms with E-state index in [0.29, 0.717) is 12.3 Å². The van der Waals surface area contributed by atoms with Crippen LogP contribution in [0.1, 0.15) is 4.88 Å². The Morgan fingerprint density at radius 3 is 2.88 bits per heavy atom. The van der Waals surface area contributed by atoms with Crippen molar-refractivity contribution in [1.29, 1.82) is 0 Å². The molecule has 2 heterocycles. The summed E-state index contributed by atoms with van der Waals surface area (Å²) in [5.74, 6) is 0.352. The second-order valence-corrected chi connectivity index (χ2v) is 5.02. The number of pyridine rings is 1. The van der Waals surface area contributed by atoms with Crippen molar-refractivity contribution in [1.82, 2.24) is 4.57 Å². The minimum Gasteiger partial charge on any atom is -0.491 e. The Balaban J connectivity index is 2.31. The normalized spacial score (nSPS) is 10.4. The van der Waals surface area contributed by atoms with Crippen LogP contribution in [0, 0.1) is 0 Å². The molecular weight excluding hydrogens is 246 g/mol. The molecule has 2 aromatic heterocycles. The second kappa shape index (κ2) is 4.72. The van der Waals surface area contributed by atoms with Crippen LogP contribution >= 0.6 is 22.9 Å². The smallest absolute Gasteiger partial charge is 0.293 e. The maximum atomic E-state index is 11.8. The molecule has 2 aromatic rings. The van der Waals surface area contributed by atoms with Crippen molar-refractivity contribution in [2.45, 2.75) is 6.54 Å². The fourth-order valence-corrected chi connectivity index (χ4v) is 2.49. The van der Waals surface area contributed by atoms with E-state index in [9.17, 15) is 4.79 Å². The van der Waals surface area contributed by atoms with Gasteiger partial charge in [-0.15, -0.1) is 11.3 Å². The molecule has 84 valence electrons. The van der Waals surface area contributed by atoms with Crippen LogP contribution in [-0.4, -0.2) is 11.7 Å². The van der Waals surface area contributed by atoms with Gasteiger partial charge in [0.05, 0.1) is 18.0 Å². The van der Waals surface area contributed by atoms with Gasteiger partial charge in [-0.2, -0.15) is 0 Å². The van der Waals surface area contributed by atoms with E-state index < -0.39 is 0 Å². The molecule has 0 aromatic carbocycles. The molecule has 0 bridgehead atoms. The summed E-state index contributed by atoms with van der Waals surface area (Å²) in [7, 11) is 1.49. The lowest BCUT2D eigenvalue weighted by molar-refractivity contribution is 0.404. The van der Waals surface area contributed by atoms with Gasteiger partial charge < -0.3 is 9.30 Å². The predicted molar refractivity (Wildman–Crippen MR) is 65.7 cm³/mol. The van der Waals surface area contributed by atoms with E-state index in [-0.39, 0.29) is 5.56 Å². The van der Waals surface area contributed by atoms with Gasteiger partial charge in [0.25, 0.3) is 5.56 Å². The zero-order valence-corrected chi connectivity index (χ0v) is 10.2. The molecular formula is C11H10ClNO2S. The lowest BCUT2D eigenvalue weighted by atomic mass is 10.4. The zero-order chi connectivity index (χ0) is 11.5. The summed E-state index contributed by atoms with van der Waals surface area (Å²) in [4.78, 5) is 12.9. The first-order valence-electron chi connectivity index (χ1n) is 4.68. The first-order valence-corrected chi connectivity index (χ1v) is 5.88. The predicted octanol–water partition coefficient (Wildman–Crippen LogP) is 2.62. The van der Waals surface area contributed by atoms with Crippen molar-refractivity contribution < 1.29 is 4.74 Å². The molecule has 0 aliphatic carbocycles. The number of hydrogen-bond acceptors (Lipinski definition) is 3. The van der Waals surface area contributed by atoms with Crippen molar-refractivity contribution in [2.24, 2.45) is 0 Å². The van der Waals surface area contributed by atoms with Crippen LogP contribution in [0.25, 0.3) is 0 Å². The number of halogens is 1. The third kappa shape index (κ3) is 2.28. The minimum atomic E-state index is -0.130. The molecule has 0 aliphatic rings. The Hall–Kier alpha value is -1.26. The molecule has 0 amide bonds. The molecule has 0 saturated heterocycles. The van der Waals surface area contributed by atoms with E-state index in [1.165, 1.54) is 18.4 Å². The van der Waals surface area contributed by atoms with Gasteiger partial charge in [-0.05, 0) is 24.3 Å². The van der Waals surface area contributed by atoms with E-state index in [0.717, 1.165) is 9.21 Å². The summed E-state index contributed by atoms with van der Waals surface area (Å²) >= 11 is 7.30. The highest BCUT2D eigenvalue weighted by Crippen LogP contribution is 2.21. The van der Waals surface area contributed by atoms with Crippen molar-refractivity contribution >= 4 is 22.9 Å². The van der Waals surface area contributed by atoms with E-state index in [4.69, 9.17) is 16.3 Å². The van der Waals surface area contributed by atoms with Crippen LogP contribution in [0.4, 0.5) is 0 Å². The standard InChI is InChI=1S/C11H10ClNO2S/c1-15-9-3-2-6-13(11(9)14)7-8-4-5-10(12)16-8/h2-6H,7H2,1H3. The van der Waals surface area contributed by atoms with Gasteiger partial charge in [-0.25, -0.2) is 0 Å². The fraction of sp³-hybridized carbons (Fsp3) is 0.182. The summed E-state index contributed by atoms with van der Waals surface area (Å²) in [6.07, 6.45) is 1.73. The molecule has 3 nitrogen and oxygen atoms in total. The van der Waals surface area contributed by atoms with Crippen molar-refractivity contribution in [3.8, 4) is 5.75 Å². The van der Waals surface area contributed by atoms with E-state index in [1.807, 2.05) is 12.1 Å². The number of methoxy groups -OCH3 is 1. The first-order chi connectivity index (χ1) is 7.70. The molecule has 0 N–H and O–H groups in total. The highest BCUT2D eigenvalue weighted by molar-refractivity contribution is 7.16. The van der Waals surface area contributed by atoms with Crippen molar-refractivity contribution in [3.63, 3.8) is 0 Å². The Morgan fingerprint density at radius 1 is 1.44 bits per heavy atom. The topological polar surface area (TPSA) is 31.2 Å². The van der Waals surface area contributed by atoms with Gasteiger partial charge in [0.2, 0.25) is 0 Å². The fourth-order valence-electron chi connectivity index (χ4n) is 1.40. The molecule has 0 fully saturated rings. The summed E-state index contributed by atoms with van der Waals surface area (Å²) in [5, 5.41) is 0. The summed E-state index contributed by atoms with van der Waals surface area (Å²) in [5.41, 5.74) is -0.130. The van der Waals surface area contributed by atoms with Gasteiger partial charge in [-0.1, -0.05) is 11.6 Å². The van der Waals surface area contributed by atoms with Gasteiger partial charge in [0.15, 0.2) is 5.75 Å². The van der Waals surface area contributed by atoms with Crippen LogP contribution < -0.4 is 10.3 Å². The molecule has 0 aliphatic heterocycles. The number of hydrogen-bond donors (Lipinski definition) is 0. The van der Waals surface area contributed by atoms with Gasteiger partial charge in [0.1, 0.15) is 0 Å². The summed E-state index contributed by atoms with van der Waals surface area (Å²) < 4.78 is 7.30. The van der Waals surface area contributed by atoms with Crippen molar-refractivity contribution in [3.05, 3.63) is 50.0 Å². The first kappa shape index (κ1) is 11.2. The van der Waals surface area contributed by atoms with Gasteiger partial charge in [-0.3, -0.25) is 4.79 Å². The van der Waals surface area contributed by atoms with Crippen LogP contribution in [0.5, 0.6) is 5.75 Å². The van der Waals surface area contributed by atoms with Crippen LogP contribution in [0.3, 0.4) is 0 Å². The molecule has 0 atom stereocenters. The number of nitrogens with zero attached hydrogens (tertiary/aromatic N) is 1. The Morgan fingerprint density at radius 2 is 2.25 bits per heavy atom. The third-order valence-corrected chi connectivity index (χ3v) is 3.38. The lowest BCUT2D eigenvalue weighted by Crippen LogP contribution is -2.20. The molecule has 16 heavy (non-hydrogen) atoms. The average Bonchev–Trinajstić information content (AvgIpc) is 2.67. The Kier molecular flexibility index (Phi) is 3.31. The zero-order valence-electron chi connectivity index (χ0n) is 8.64. The molecule has 2 rings (SSSR count). The molecule has 5 heteroatoms. The van der Waals surface area contributed by atoms with E-state index in [2.05, 4.69) is 0 Å². The van der Waals surface area contributed by atoms with E-state index in [1.54, 1.807) is 22.9 Å². The number of aromatic nitrogens is 1. The largest absolute Gasteiger partial charge is 0.491 e. The van der Waals surface area contributed by atoms with E-state index >= 15 is 0 Å². The summed E-state index contributed by atoms with van der Waals surface area (Å²) in [6.45, 7) is 0.521. The molecule has 0 unspecified atom stereocenters. The molecule has 0 radical (unpaired) electrons. The monoisotopic (exact) mass is 255 g/mol. The van der Waals surface area contributed by atoms with Crippen LogP contribution in [0.2, 0.25) is 4.34 Å². The van der Waals surface area contributed by atoms with Gasteiger partial charge in [0, 0.05) is 11.1 Å². The SMILES string of the molecule is COc1cccn(Cc2ccc(Cl)s2)c1=O. The number of ether oxygens (including phenoxy) is 1. The second-order valence-electron chi connectivity index (χ2n) is 3.22. The average molecular weight is 256 g/mol. The van der Waals surface area contributed by atoms with Crippen LogP contribution in [-0.2, 0) is 6.54 Å². The highest BCUT2D eigenvalue weighted by Gasteiger charge is 2.04. The van der Waals surface area contributed by atoms with Gasteiger partial charge >= 0.3 is 0 Å². The third-order valence-electron chi connectivity index (χ3n) is 2.16. The van der Waals surface area contributed by atoms with Crippen LogP contribution in [0.15, 0.2) is 35.3 Å². The maximum Gasteiger partial charge on any atom is 0.293 e. The number of rotatable bonds is 3. The minimum absolute atomic E-state index is 0.130. The quantitative estimate of drug-likeness (QED) is 0.844. The lowest BCUT2D eigenvalue weighted by Gasteiger charge is -2.05. The molecule has 0 saturated carbocycles.